The van der Waals surface area contributed by atoms with E-state index in [1.54, 1.807) is 6.07 Å². The second-order valence-electron chi connectivity index (χ2n) is 4.46. The Morgan fingerprint density at radius 1 is 1.38 bits per heavy atom. The molecule has 1 fully saturated rings. The maximum Gasteiger partial charge on any atom is 0.0897 e. The van der Waals surface area contributed by atoms with Gasteiger partial charge in [-0.25, -0.2) is 0 Å². The molecule has 1 aliphatic heterocycles. The van der Waals surface area contributed by atoms with Gasteiger partial charge in [-0.2, -0.15) is 0 Å². The van der Waals surface area contributed by atoms with Gasteiger partial charge in [0, 0.05) is 29.7 Å². The monoisotopic (exact) mass is 259 g/mol. The molecular formula is C12H15Cl2NO. The lowest BCUT2D eigenvalue weighted by molar-refractivity contribution is -0.103. The number of rotatable bonds is 3. The first kappa shape index (κ1) is 12.2. The lowest BCUT2D eigenvalue weighted by Crippen LogP contribution is -2.60. The fourth-order valence-electron chi connectivity index (χ4n) is 2.01. The number of halogens is 2. The Kier molecular flexibility index (Phi) is 3.45. The summed E-state index contributed by atoms with van der Waals surface area (Å²) in [5, 5.41) is 11.2. The van der Waals surface area contributed by atoms with Crippen LogP contribution in [0.5, 0.6) is 0 Å². The Bertz CT molecular complexity index is 389. The van der Waals surface area contributed by atoms with Gasteiger partial charge in [-0.3, -0.25) is 4.90 Å². The molecule has 1 aromatic carbocycles. The van der Waals surface area contributed by atoms with Crippen molar-refractivity contribution in [2.24, 2.45) is 0 Å². The van der Waals surface area contributed by atoms with Crippen molar-refractivity contribution in [3.8, 4) is 0 Å². The van der Waals surface area contributed by atoms with Crippen molar-refractivity contribution in [3.05, 3.63) is 33.8 Å². The highest BCUT2D eigenvalue weighted by Crippen LogP contribution is 2.28. The van der Waals surface area contributed by atoms with Crippen LogP contribution in [0.3, 0.4) is 0 Å². The molecule has 88 valence electrons. The van der Waals surface area contributed by atoms with Crippen LogP contribution >= 0.6 is 23.2 Å². The van der Waals surface area contributed by atoms with E-state index in [-0.39, 0.29) is 0 Å². The zero-order chi connectivity index (χ0) is 11.8. The van der Waals surface area contributed by atoms with E-state index in [0.29, 0.717) is 10.0 Å². The fourth-order valence-corrected chi connectivity index (χ4v) is 2.48. The maximum atomic E-state index is 9.88. The normalized spacial score (nSPS) is 19.5. The zero-order valence-electron chi connectivity index (χ0n) is 9.21. The molecule has 0 aliphatic carbocycles. The number of aliphatic hydroxyl groups is 1. The molecule has 1 heterocycles. The summed E-state index contributed by atoms with van der Waals surface area (Å²) in [5.41, 5.74) is 0.572. The fraction of sp³-hybridized carbons (Fsp3) is 0.500. The van der Waals surface area contributed by atoms with Crippen LogP contribution in [0.25, 0.3) is 0 Å². The number of hydrogen-bond acceptors (Lipinski definition) is 2. The van der Waals surface area contributed by atoms with E-state index in [0.717, 1.165) is 31.6 Å². The van der Waals surface area contributed by atoms with E-state index in [1.807, 2.05) is 19.1 Å². The number of likely N-dealkylation sites (tertiary alicyclic amines) is 1. The number of β-amino-alcohol motifs (C(OH)–C–C–N with tert-alkyl or cyclic N) is 1. The topological polar surface area (TPSA) is 23.5 Å². The van der Waals surface area contributed by atoms with E-state index >= 15 is 0 Å². The van der Waals surface area contributed by atoms with Crippen LogP contribution in [-0.2, 0) is 6.54 Å². The molecule has 4 heteroatoms. The van der Waals surface area contributed by atoms with Gasteiger partial charge in [0.2, 0.25) is 0 Å². The van der Waals surface area contributed by atoms with Crippen LogP contribution in [0.2, 0.25) is 10.0 Å². The number of benzene rings is 1. The predicted molar refractivity (Wildman–Crippen MR) is 67.0 cm³/mol. The Labute approximate surface area is 106 Å². The Morgan fingerprint density at radius 3 is 2.62 bits per heavy atom. The van der Waals surface area contributed by atoms with E-state index in [9.17, 15) is 5.11 Å². The molecule has 2 rings (SSSR count). The van der Waals surface area contributed by atoms with E-state index in [4.69, 9.17) is 23.2 Å². The van der Waals surface area contributed by atoms with Crippen molar-refractivity contribution >= 4 is 23.2 Å². The summed E-state index contributed by atoms with van der Waals surface area (Å²) in [6, 6.07) is 5.53. The number of nitrogens with zero attached hydrogens (tertiary/aromatic N) is 1. The molecule has 1 N–H and O–H groups in total. The average Bonchev–Trinajstić information content (AvgIpc) is 2.19. The molecule has 0 saturated carbocycles. The van der Waals surface area contributed by atoms with E-state index in [2.05, 4.69) is 4.90 Å². The highest BCUT2D eigenvalue weighted by Gasteiger charge is 2.39. The van der Waals surface area contributed by atoms with Gasteiger partial charge >= 0.3 is 0 Å². The standard InChI is InChI=1S/C12H15Cl2NO/c1-2-12(16)7-15(8-12)6-9-3-4-10(13)5-11(9)14/h3-5,16H,2,6-8H2,1H3. The van der Waals surface area contributed by atoms with Gasteiger partial charge in [0.15, 0.2) is 0 Å². The summed E-state index contributed by atoms with van der Waals surface area (Å²) in [6.45, 7) is 4.23. The van der Waals surface area contributed by atoms with Crippen molar-refractivity contribution in [1.29, 1.82) is 0 Å². The lowest BCUT2D eigenvalue weighted by Gasteiger charge is -2.46. The van der Waals surface area contributed by atoms with Crippen LogP contribution in [0.15, 0.2) is 18.2 Å². The van der Waals surface area contributed by atoms with Crippen LogP contribution in [0.1, 0.15) is 18.9 Å². The van der Waals surface area contributed by atoms with Gasteiger partial charge in [0.25, 0.3) is 0 Å². The minimum atomic E-state index is -0.487. The van der Waals surface area contributed by atoms with E-state index < -0.39 is 5.60 Å². The maximum absolute atomic E-state index is 9.88. The summed E-state index contributed by atoms with van der Waals surface area (Å²) in [4.78, 5) is 2.18. The third-order valence-electron chi connectivity index (χ3n) is 3.10. The van der Waals surface area contributed by atoms with Gasteiger partial charge in [-0.15, -0.1) is 0 Å². The second-order valence-corrected chi connectivity index (χ2v) is 5.30. The highest BCUT2D eigenvalue weighted by atomic mass is 35.5. The average molecular weight is 260 g/mol. The molecule has 0 aromatic heterocycles. The molecule has 1 saturated heterocycles. The van der Waals surface area contributed by atoms with Crippen molar-refractivity contribution < 1.29 is 5.11 Å². The zero-order valence-corrected chi connectivity index (χ0v) is 10.7. The van der Waals surface area contributed by atoms with E-state index in [1.165, 1.54) is 0 Å². The minimum Gasteiger partial charge on any atom is -0.387 e. The smallest absolute Gasteiger partial charge is 0.0897 e. The Hall–Kier alpha value is -0.280. The van der Waals surface area contributed by atoms with Crippen LogP contribution in [0.4, 0.5) is 0 Å². The van der Waals surface area contributed by atoms with Gasteiger partial charge in [0.1, 0.15) is 0 Å². The molecular weight excluding hydrogens is 245 g/mol. The largest absolute Gasteiger partial charge is 0.387 e. The number of hydrogen-bond donors (Lipinski definition) is 1. The summed E-state index contributed by atoms with van der Waals surface area (Å²) >= 11 is 11.9. The Morgan fingerprint density at radius 2 is 2.06 bits per heavy atom. The summed E-state index contributed by atoms with van der Waals surface area (Å²) in [7, 11) is 0. The van der Waals surface area contributed by atoms with Crippen molar-refractivity contribution in [3.63, 3.8) is 0 Å². The first-order valence-electron chi connectivity index (χ1n) is 5.41. The Balaban J connectivity index is 1.96. The van der Waals surface area contributed by atoms with Crippen molar-refractivity contribution in [2.45, 2.75) is 25.5 Å². The van der Waals surface area contributed by atoms with Gasteiger partial charge in [0.05, 0.1) is 5.60 Å². The van der Waals surface area contributed by atoms with Crippen LogP contribution < -0.4 is 0 Å². The van der Waals surface area contributed by atoms with Gasteiger partial charge in [-0.1, -0.05) is 36.2 Å². The third-order valence-corrected chi connectivity index (χ3v) is 3.69. The van der Waals surface area contributed by atoms with Crippen LogP contribution in [-0.4, -0.2) is 28.7 Å². The van der Waals surface area contributed by atoms with Gasteiger partial charge in [-0.05, 0) is 24.1 Å². The van der Waals surface area contributed by atoms with Crippen LogP contribution in [0, 0.1) is 0 Å². The molecule has 0 atom stereocenters. The first-order valence-corrected chi connectivity index (χ1v) is 6.17. The molecule has 0 spiro atoms. The summed E-state index contributed by atoms with van der Waals surface area (Å²) in [6.07, 6.45) is 0.803. The van der Waals surface area contributed by atoms with Gasteiger partial charge < -0.3 is 5.11 Å². The molecule has 0 unspecified atom stereocenters. The molecule has 2 nitrogen and oxygen atoms in total. The summed E-state index contributed by atoms with van der Waals surface area (Å²) in [5.74, 6) is 0. The molecule has 0 bridgehead atoms. The molecule has 1 aliphatic rings. The minimum absolute atomic E-state index is 0.487. The predicted octanol–water partition coefficient (Wildman–Crippen LogP) is 2.95. The molecule has 16 heavy (non-hydrogen) atoms. The third kappa shape index (κ3) is 2.51. The molecule has 0 amide bonds. The second kappa shape index (κ2) is 4.53. The SMILES string of the molecule is CCC1(O)CN(Cc2ccc(Cl)cc2Cl)C1. The quantitative estimate of drug-likeness (QED) is 0.903. The molecule has 0 radical (unpaired) electrons. The van der Waals surface area contributed by atoms with Crippen molar-refractivity contribution in [1.82, 2.24) is 4.90 Å². The lowest BCUT2D eigenvalue weighted by atomic mass is 9.91. The highest BCUT2D eigenvalue weighted by molar-refractivity contribution is 6.35. The summed E-state index contributed by atoms with van der Waals surface area (Å²) < 4.78 is 0. The van der Waals surface area contributed by atoms with Crippen molar-refractivity contribution in [2.75, 3.05) is 13.1 Å². The first-order chi connectivity index (χ1) is 7.52. The molecule has 1 aromatic rings.